The predicted molar refractivity (Wildman–Crippen MR) is 76.7 cm³/mol. The summed E-state index contributed by atoms with van der Waals surface area (Å²) in [5.41, 5.74) is 8.02. The Labute approximate surface area is 111 Å². The molecule has 3 heteroatoms. The normalized spacial score (nSPS) is 11.3. The lowest BCUT2D eigenvalue weighted by Crippen LogP contribution is -2.29. The van der Waals surface area contributed by atoms with Crippen LogP contribution in [0.15, 0.2) is 18.2 Å². The van der Waals surface area contributed by atoms with Gasteiger partial charge >= 0.3 is 0 Å². The number of rotatable bonds is 7. The Hall–Kier alpha value is -1.06. The first-order valence-corrected chi connectivity index (χ1v) is 6.72. The van der Waals surface area contributed by atoms with E-state index < -0.39 is 0 Å². The Balaban J connectivity index is 2.78. The quantitative estimate of drug-likeness (QED) is 0.808. The van der Waals surface area contributed by atoms with E-state index in [1.165, 1.54) is 18.4 Å². The Kier molecular flexibility index (Phi) is 6.16. The maximum Gasteiger partial charge on any atom is 0.123 e. The molecule has 102 valence electrons. The highest BCUT2D eigenvalue weighted by molar-refractivity contribution is 5.37. The van der Waals surface area contributed by atoms with E-state index in [1.807, 2.05) is 0 Å². The van der Waals surface area contributed by atoms with E-state index in [1.54, 1.807) is 7.11 Å². The van der Waals surface area contributed by atoms with Crippen molar-refractivity contribution >= 4 is 0 Å². The van der Waals surface area contributed by atoms with Gasteiger partial charge in [-0.05, 0) is 31.5 Å². The lowest BCUT2D eigenvalue weighted by molar-refractivity contribution is 0.221. The van der Waals surface area contributed by atoms with Gasteiger partial charge in [-0.15, -0.1) is 0 Å². The molecule has 1 aromatic carbocycles. The van der Waals surface area contributed by atoms with Gasteiger partial charge in [-0.1, -0.05) is 26.0 Å². The number of methoxy groups -OCH3 is 1. The highest BCUT2D eigenvalue weighted by Gasteiger charge is 2.11. The van der Waals surface area contributed by atoms with Crippen LogP contribution in [0.3, 0.4) is 0 Å². The molecule has 0 bridgehead atoms. The average Bonchev–Trinajstić information content (AvgIpc) is 2.40. The highest BCUT2D eigenvalue weighted by atomic mass is 16.5. The van der Waals surface area contributed by atoms with Gasteiger partial charge in [0.25, 0.3) is 0 Å². The van der Waals surface area contributed by atoms with Crippen LogP contribution in [0.25, 0.3) is 0 Å². The van der Waals surface area contributed by atoms with Crippen molar-refractivity contribution in [2.75, 3.05) is 14.2 Å². The SMILES string of the molecule is CCC(CC)N(C)Cc1ccc(CN)c(OC)c1. The van der Waals surface area contributed by atoms with Gasteiger partial charge in [0.1, 0.15) is 5.75 Å². The first-order chi connectivity index (χ1) is 8.65. The van der Waals surface area contributed by atoms with Gasteiger partial charge in [-0.2, -0.15) is 0 Å². The third-order valence-electron chi connectivity index (χ3n) is 3.57. The summed E-state index contributed by atoms with van der Waals surface area (Å²) in [7, 11) is 3.88. The van der Waals surface area contributed by atoms with Gasteiger partial charge < -0.3 is 10.5 Å². The second-order valence-corrected chi connectivity index (χ2v) is 4.74. The summed E-state index contributed by atoms with van der Waals surface area (Å²) in [6, 6.07) is 6.95. The zero-order valence-corrected chi connectivity index (χ0v) is 12.1. The van der Waals surface area contributed by atoms with Crippen molar-refractivity contribution in [3.63, 3.8) is 0 Å². The van der Waals surface area contributed by atoms with Crippen molar-refractivity contribution in [2.45, 2.75) is 45.8 Å². The van der Waals surface area contributed by atoms with Gasteiger partial charge in [-0.25, -0.2) is 0 Å². The number of hydrogen-bond acceptors (Lipinski definition) is 3. The van der Waals surface area contributed by atoms with E-state index >= 15 is 0 Å². The molecule has 0 aromatic heterocycles. The molecule has 0 radical (unpaired) electrons. The number of nitrogens with two attached hydrogens (primary N) is 1. The molecule has 0 heterocycles. The molecule has 0 saturated carbocycles. The fraction of sp³-hybridized carbons (Fsp3) is 0.600. The predicted octanol–water partition coefficient (Wildman–Crippen LogP) is 2.77. The van der Waals surface area contributed by atoms with Crippen LogP contribution in [0, 0.1) is 0 Å². The van der Waals surface area contributed by atoms with E-state index in [0.29, 0.717) is 12.6 Å². The topological polar surface area (TPSA) is 38.5 Å². The lowest BCUT2D eigenvalue weighted by atomic mass is 10.1. The van der Waals surface area contributed by atoms with Crippen LogP contribution < -0.4 is 10.5 Å². The number of hydrogen-bond donors (Lipinski definition) is 1. The van der Waals surface area contributed by atoms with E-state index in [0.717, 1.165) is 17.9 Å². The minimum atomic E-state index is 0.520. The summed E-state index contributed by atoms with van der Waals surface area (Å²) in [6.07, 6.45) is 2.37. The number of benzene rings is 1. The first-order valence-electron chi connectivity index (χ1n) is 6.72. The fourth-order valence-electron chi connectivity index (χ4n) is 2.39. The number of ether oxygens (including phenoxy) is 1. The van der Waals surface area contributed by atoms with Gasteiger partial charge in [-0.3, -0.25) is 4.90 Å². The largest absolute Gasteiger partial charge is 0.496 e. The summed E-state index contributed by atoms with van der Waals surface area (Å²) < 4.78 is 5.37. The minimum absolute atomic E-state index is 0.520. The lowest BCUT2D eigenvalue weighted by Gasteiger charge is -2.26. The summed E-state index contributed by atoms with van der Waals surface area (Å²) in [5, 5.41) is 0. The Bertz CT molecular complexity index is 362. The fourth-order valence-corrected chi connectivity index (χ4v) is 2.39. The van der Waals surface area contributed by atoms with Crippen LogP contribution in [-0.2, 0) is 13.1 Å². The van der Waals surface area contributed by atoms with Crippen molar-refractivity contribution in [2.24, 2.45) is 5.73 Å². The van der Waals surface area contributed by atoms with Crippen LogP contribution in [0.4, 0.5) is 0 Å². The first kappa shape index (κ1) is 15.0. The molecule has 0 saturated heterocycles. The summed E-state index contributed by atoms with van der Waals surface area (Å²) >= 11 is 0. The molecule has 0 unspecified atom stereocenters. The molecule has 18 heavy (non-hydrogen) atoms. The Morgan fingerprint density at radius 2 is 1.94 bits per heavy atom. The van der Waals surface area contributed by atoms with E-state index in [9.17, 15) is 0 Å². The molecule has 1 rings (SSSR count). The summed E-state index contributed by atoms with van der Waals surface area (Å²) in [4.78, 5) is 2.40. The van der Waals surface area contributed by atoms with Crippen molar-refractivity contribution in [1.29, 1.82) is 0 Å². The zero-order valence-electron chi connectivity index (χ0n) is 12.1. The maximum atomic E-state index is 5.68. The molecule has 3 nitrogen and oxygen atoms in total. The van der Waals surface area contributed by atoms with Crippen LogP contribution in [0.2, 0.25) is 0 Å². The number of nitrogens with zero attached hydrogens (tertiary/aromatic N) is 1. The van der Waals surface area contributed by atoms with E-state index in [-0.39, 0.29) is 0 Å². The molecule has 0 spiro atoms. The average molecular weight is 250 g/mol. The van der Waals surface area contributed by atoms with Crippen LogP contribution in [0.1, 0.15) is 37.8 Å². The monoisotopic (exact) mass is 250 g/mol. The molecule has 0 fully saturated rings. The molecule has 0 aliphatic rings. The van der Waals surface area contributed by atoms with E-state index in [2.05, 4.69) is 44.0 Å². The zero-order chi connectivity index (χ0) is 13.5. The van der Waals surface area contributed by atoms with Gasteiger partial charge in [0.05, 0.1) is 7.11 Å². The van der Waals surface area contributed by atoms with Crippen LogP contribution in [-0.4, -0.2) is 25.1 Å². The van der Waals surface area contributed by atoms with Gasteiger partial charge in [0.15, 0.2) is 0 Å². The Morgan fingerprint density at radius 1 is 1.28 bits per heavy atom. The van der Waals surface area contributed by atoms with Crippen molar-refractivity contribution in [3.05, 3.63) is 29.3 Å². The summed E-state index contributed by atoms with van der Waals surface area (Å²) in [6.45, 7) is 5.95. The van der Waals surface area contributed by atoms with Gasteiger partial charge in [0, 0.05) is 24.7 Å². The molecule has 1 aromatic rings. The van der Waals surface area contributed by atoms with Crippen molar-refractivity contribution in [1.82, 2.24) is 4.90 Å². The second-order valence-electron chi connectivity index (χ2n) is 4.74. The highest BCUT2D eigenvalue weighted by Crippen LogP contribution is 2.21. The summed E-state index contributed by atoms with van der Waals surface area (Å²) in [5.74, 6) is 0.896. The smallest absolute Gasteiger partial charge is 0.123 e. The molecule has 0 aliphatic heterocycles. The second kappa shape index (κ2) is 7.39. The van der Waals surface area contributed by atoms with Gasteiger partial charge in [0.2, 0.25) is 0 Å². The standard InChI is InChI=1S/C15H26N2O/c1-5-14(6-2)17(3)11-12-7-8-13(10-16)15(9-12)18-4/h7-9,14H,5-6,10-11,16H2,1-4H3. The van der Waals surface area contributed by atoms with Crippen molar-refractivity contribution < 1.29 is 4.74 Å². The molecule has 2 N–H and O–H groups in total. The van der Waals surface area contributed by atoms with E-state index in [4.69, 9.17) is 10.5 Å². The molecular formula is C15H26N2O. The molecular weight excluding hydrogens is 224 g/mol. The maximum absolute atomic E-state index is 5.68. The van der Waals surface area contributed by atoms with Crippen LogP contribution in [0.5, 0.6) is 5.75 Å². The molecule has 0 aliphatic carbocycles. The Morgan fingerprint density at radius 3 is 2.44 bits per heavy atom. The third kappa shape index (κ3) is 3.72. The minimum Gasteiger partial charge on any atom is -0.496 e. The van der Waals surface area contributed by atoms with Crippen molar-refractivity contribution in [3.8, 4) is 5.75 Å². The molecule has 0 atom stereocenters. The van der Waals surface area contributed by atoms with Crippen LogP contribution >= 0.6 is 0 Å². The third-order valence-corrected chi connectivity index (χ3v) is 3.57. The molecule has 0 amide bonds.